The number of amides is 1. The Kier molecular flexibility index (Phi) is 4.42. The summed E-state index contributed by atoms with van der Waals surface area (Å²) in [4.78, 5) is 25.1. The highest BCUT2D eigenvalue weighted by molar-refractivity contribution is 5.87. The summed E-state index contributed by atoms with van der Waals surface area (Å²) in [5.74, 6) is -0.317. The Morgan fingerprint density at radius 2 is 1.95 bits per heavy atom. The van der Waals surface area contributed by atoms with Crippen molar-refractivity contribution in [2.45, 2.75) is 39.2 Å². The van der Waals surface area contributed by atoms with Crippen LogP contribution in [-0.4, -0.2) is 34.5 Å². The van der Waals surface area contributed by atoms with Crippen LogP contribution in [0.2, 0.25) is 0 Å². The number of rotatable bonds is 4. The standard InChI is InChI=1S/C16H21NO3/c1-11(2)14-4-3-9-17(14)15(18)10-12-5-7-13(8-6-12)16(19)20/h5-8,11,14H,3-4,9-10H2,1-2H3,(H,19,20). The SMILES string of the molecule is CC(C)C1CCCN1C(=O)Cc1ccc(C(=O)O)cc1. The van der Waals surface area contributed by atoms with E-state index < -0.39 is 5.97 Å². The van der Waals surface area contributed by atoms with Gasteiger partial charge in [0.1, 0.15) is 0 Å². The van der Waals surface area contributed by atoms with Crippen LogP contribution in [0.3, 0.4) is 0 Å². The Morgan fingerprint density at radius 1 is 1.30 bits per heavy atom. The summed E-state index contributed by atoms with van der Waals surface area (Å²) in [6.07, 6.45) is 2.51. The smallest absolute Gasteiger partial charge is 0.335 e. The normalized spacial score (nSPS) is 18.6. The summed E-state index contributed by atoms with van der Waals surface area (Å²) >= 11 is 0. The topological polar surface area (TPSA) is 57.6 Å². The fourth-order valence-electron chi connectivity index (χ4n) is 2.84. The number of carboxylic acids is 1. The van der Waals surface area contributed by atoms with Gasteiger partial charge in [-0.25, -0.2) is 4.79 Å². The van der Waals surface area contributed by atoms with Crippen molar-refractivity contribution in [3.8, 4) is 0 Å². The second-order valence-electron chi connectivity index (χ2n) is 5.72. The van der Waals surface area contributed by atoms with Crippen molar-refractivity contribution in [1.29, 1.82) is 0 Å². The predicted octanol–water partition coefficient (Wildman–Crippen LogP) is 2.57. The molecule has 0 bridgehead atoms. The number of carbonyl (C=O) groups excluding carboxylic acids is 1. The monoisotopic (exact) mass is 275 g/mol. The largest absolute Gasteiger partial charge is 0.478 e. The maximum atomic E-state index is 12.4. The van der Waals surface area contributed by atoms with Crippen molar-refractivity contribution < 1.29 is 14.7 Å². The maximum absolute atomic E-state index is 12.4. The first kappa shape index (κ1) is 14.6. The quantitative estimate of drug-likeness (QED) is 0.918. The summed E-state index contributed by atoms with van der Waals surface area (Å²) in [6, 6.07) is 6.90. The van der Waals surface area contributed by atoms with E-state index in [0.29, 0.717) is 18.4 Å². The van der Waals surface area contributed by atoms with E-state index in [1.54, 1.807) is 24.3 Å². The van der Waals surface area contributed by atoms with E-state index in [-0.39, 0.29) is 11.5 Å². The lowest BCUT2D eigenvalue weighted by molar-refractivity contribution is -0.132. The van der Waals surface area contributed by atoms with Gasteiger partial charge in [0.2, 0.25) is 5.91 Å². The fourth-order valence-corrected chi connectivity index (χ4v) is 2.84. The van der Waals surface area contributed by atoms with Crippen molar-refractivity contribution in [3.63, 3.8) is 0 Å². The summed E-state index contributed by atoms with van der Waals surface area (Å²) in [6.45, 7) is 5.14. The van der Waals surface area contributed by atoms with E-state index in [1.807, 2.05) is 4.90 Å². The van der Waals surface area contributed by atoms with Gasteiger partial charge in [-0.05, 0) is 36.5 Å². The molecule has 1 fully saturated rings. The molecule has 1 amide bonds. The molecule has 1 N–H and O–H groups in total. The summed E-state index contributed by atoms with van der Waals surface area (Å²) < 4.78 is 0. The molecule has 1 heterocycles. The van der Waals surface area contributed by atoms with Gasteiger partial charge in [0.25, 0.3) is 0 Å². The molecule has 1 aliphatic heterocycles. The molecule has 0 spiro atoms. The molecular formula is C16H21NO3. The van der Waals surface area contributed by atoms with Crippen molar-refractivity contribution >= 4 is 11.9 Å². The number of aromatic carboxylic acids is 1. The van der Waals surface area contributed by atoms with Crippen LogP contribution in [0, 0.1) is 5.92 Å². The molecular weight excluding hydrogens is 254 g/mol. The number of hydrogen-bond donors (Lipinski definition) is 1. The molecule has 4 nitrogen and oxygen atoms in total. The van der Waals surface area contributed by atoms with Crippen LogP contribution in [0.15, 0.2) is 24.3 Å². The lowest BCUT2D eigenvalue weighted by Gasteiger charge is -2.27. The van der Waals surface area contributed by atoms with E-state index in [1.165, 1.54) is 0 Å². The lowest BCUT2D eigenvalue weighted by Crippen LogP contribution is -2.39. The van der Waals surface area contributed by atoms with Gasteiger partial charge in [-0.2, -0.15) is 0 Å². The third-order valence-electron chi connectivity index (χ3n) is 3.95. The Balaban J connectivity index is 2.02. The highest BCUT2D eigenvalue weighted by Crippen LogP contribution is 2.24. The molecule has 2 rings (SSSR count). The number of carbonyl (C=O) groups is 2. The molecule has 0 radical (unpaired) electrons. The molecule has 0 saturated carbocycles. The molecule has 0 aliphatic carbocycles. The average Bonchev–Trinajstić information content (AvgIpc) is 2.88. The lowest BCUT2D eigenvalue weighted by atomic mass is 10.0. The van der Waals surface area contributed by atoms with Gasteiger partial charge >= 0.3 is 5.97 Å². The van der Waals surface area contributed by atoms with Gasteiger partial charge in [-0.1, -0.05) is 26.0 Å². The van der Waals surface area contributed by atoms with Gasteiger partial charge in [0, 0.05) is 12.6 Å². The molecule has 1 atom stereocenters. The summed E-state index contributed by atoms with van der Waals surface area (Å²) in [5.41, 5.74) is 1.12. The highest BCUT2D eigenvalue weighted by Gasteiger charge is 2.30. The first-order valence-corrected chi connectivity index (χ1v) is 7.10. The zero-order valence-electron chi connectivity index (χ0n) is 12.0. The molecule has 1 aliphatic rings. The van der Waals surface area contributed by atoms with Gasteiger partial charge in [0.15, 0.2) is 0 Å². The number of benzene rings is 1. The zero-order chi connectivity index (χ0) is 14.7. The van der Waals surface area contributed by atoms with Crippen molar-refractivity contribution in [2.24, 2.45) is 5.92 Å². The predicted molar refractivity (Wildman–Crippen MR) is 76.7 cm³/mol. The maximum Gasteiger partial charge on any atom is 0.335 e. The number of carboxylic acid groups (broad SMARTS) is 1. The summed E-state index contributed by atoms with van der Waals surface area (Å²) in [7, 11) is 0. The Hall–Kier alpha value is -1.84. The zero-order valence-corrected chi connectivity index (χ0v) is 12.0. The minimum Gasteiger partial charge on any atom is -0.478 e. The molecule has 1 aromatic carbocycles. The summed E-state index contributed by atoms with van der Waals surface area (Å²) in [5, 5.41) is 8.85. The minimum atomic E-state index is -0.942. The third kappa shape index (κ3) is 3.18. The highest BCUT2D eigenvalue weighted by atomic mass is 16.4. The first-order valence-electron chi connectivity index (χ1n) is 7.10. The van der Waals surface area contributed by atoms with Gasteiger partial charge in [-0.3, -0.25) is 4.79 Å². The molecule has 1 saturated heterocycles. The second-order valence-corrected chi connectivity index (χ2v) is 5.72. The molecule has 0 aromatic heterocycles. The van der Waals surface area contributed by atoms with E-state index in [9.17, 15) is 9.59 Å². The van der Waals surface area contributed by atoms with Crippen LogP contribution in [0.25, 0.3) is 0 Å². The fraction of sp³-hybridized carbons (Fsp3) is 0.500. The van der Waals surface area contributed by atoms with Crippen LogP contribution in [-0.2, 0) is 11.2 Å². The Labute approximate surface area is 119 Å². The van der Waals surface area contributed by atoms with Gasteiger partial charge < -0.3 is 10.0 Å². The van der Waals surface area contributed by atoms with Gasteiger partial charge in [-0.15, -0.1) is 0 Å². The molecule has 4 heteroatoms. The Morgan fingerprint density at radius 3 is 2.50 bits per heavy atom. The van der Waals surface area contributed by atoms with Gasteiger partial charge in [0.05, 0.1) is 12.0 Å². The van der Waals surface area contributed by atoms with Crippen LogP contribution >= 0.6 is 0 Å². The molecule has 108 valence electrons. The molecule has 1 unspecified atom stereocenters. The van der Waals surface area contributed by atoms with E-state index in [0.717, 1.165) is 24.9 Å². The van der Waals surface area contributed by atoms with Crippen LogP contribution < -0.4 is 0 Å². The number of nitrogens with zero attached hydrogens (tertiary/aromatic N) is 1. The van der Waals surface area contributed by atoms with Crippen LogP contribution in [0.1, 0.15) is 42.6 Å². The van der Waals surface area contributed by atoms with E-state index in [2.05, 4.69) is 13.8 Å². The average molecular weight is 275 g/mol. The number of likely N-dealkylation sites (tertiary alicyclic amines) is 1. The van der Waals surface area contributed by atoms with Crippen molar-refractivity contribution in [1.82, 2.24) is 4.90 Å². The van der Waals surface area contributed by atoms with Crippen LogP contribution in [0.4, 0.5) is 0 Å². The van der Waals surface area contributed by atoms with E-state index in [4.69, 9.17) is 5.11 Å². The first-order chi connectivity index (χ1) is 9.49. The molecule has 1 aromatic rings. The van der Waals surface area contributed by atoms with Crippen LogP contribution in [0.5, 0.6) is 0 Å². The Bertz CT molecular complexity index is 493. The van der Waals surface area contributed by atoms with E-state index >= 15 is 0 Å². The third-order valence-corrected chi connectivity index (χ3v) is 3.95. The molecule has 20 heavy (non-hydrogen) atoms. The van der Waals surface area contributed by atoms with Crippen molar-refractivity contribution in [3.05, 3.63) is 35.4 Å². The van der Waals surface area contributed by atoms with Crippen molar-refractivity contribution in [2.75, 3.05) is 6.54 Å². The second kappa shape index (κ2) is 6.07. The minimum absolute atomic E-state index is 0.143. The number of hydrogen-bond acceptors (Lipinski definition) is 2.